The number of fused-ring (bicyclic) bond motifs is 2. The van der Waals surface area contributed by atoms with Crippen molar-refractivity contribution in [2.75, 3.05) is 0 Å². The summed E-state index contributed by atoms with van der Waals surface area (Å²) in [4.78, 5) is 19.9. The lowest BCUT2D eigenvalue weighted by Crippen LogP contribution is -2.54. The molecule has 1 aromatic rings. The Kier molecular flexibility index (Phi) is 1.56. The van der Waals surface area contributed by atoms with Gasteiger partial charge in [0, 0.05) is 12.4 Å². The van der Waals surface area contributed by atoms with Gasteiger partial charge in [0.05, 0.1) is 23.2 Å². The summed E-state index contributed by atoms with van der Waals surface area (Å²) in [6.07, 6.45) is 4.26. The summed E-state index contributed by atoms with van der Waals surface area (Å²) in [5, 5.41) is 19.4. The van der Waals surface area contributed by atoms with Crippen molar-refractivity contribution in [3.8, 4) is 0 Å². The van der Waals surface area contributed by atoms with Crippen LogP contribution in [0.4, 0.5) is 0 Å². The number of aromatic nitrogens is 2. The highest BCUT2D eigenvalue weighted by Gasteiger charge is 2.56. The quantitative estimate of drug-likeness (QED) is 0.569. The molecule has 2 N–H and O–H groups in total. The molecule has 0 amide bonds. The zero-order chi connectivity index (χ0) is 10.6. The minimum atomic E-state index is -2.24. The first-order chi connectivity index (χ1) is 7.12. The van der Waals surface area contributed by atoms with Gasteiger partial charge in [-0.1, -0.05) is 0 Å². The summed E-state index contributed by atoms with van der Waals surface area (Å²) in [6, 6.07) is 0. The highest BCUT2D eigenvalue weighted by molar-refractivity contribution is 5.95. The van der Waals surface area contributed by atoms with Gasteiger partial charge in [0.1, 0.15) is 0 Å². The molecule has 3 aliphatic carbocycles. The Bertz CT molecular complexity index is 444. The number of ketones is 1. The lowest BCUT2D eigenvalue weighted by atomic mass is 9.66. The third-order valence-corrected chi connectivity index (χ3v) is 3.33. The second-order valence-corrected chi connectivity index (χ2v) is 4.10. The van der Waals surface area contributed by atoms with Gasteiger partial charge in [0.2, 0.25) is 11.6 Å². The van der Waals surface area contributed by atoms with E-state index in [-0.39, 0.29) is 0 Å². The van der Waals surface area contributed by atoms with Gasteiger partial charge < -0.3 is 10.2 Å². The topological polar surface area (TPSA) is 83.3 Å². The average molecular weight is 206 g/mol. The monoisotopic (exact) mass is 206 g/mol. The van der Waals surface area contributed by atoms with Crippen LogP contribution in [0.2, 0.25) is 0 Å². The summed E-state index contributed by atoms with van der Waals surface area (Å²) in [6.45, 7) is 0. The molecule has 4 rings (SSSR count). The Labute approximate surface area is 85.8 Å². The SMILES string of the molecule is O=C1[C@@H]2CC[C@@H](c3nccnc32)C1(O)O. The fourth-order valence-electron chi connectivity index (χ4n) is 2.58. The van der Waals surface area contributed by atoms with Gasteiger partial charge in [-0.3, -0.25) is 14.8 Å². The molecule has 0 spiro atoms. The van der Waals surface area contributed by atoms with Gasteiger partial charge in [0.25, 0.3) is 0 Å². The van der Waals surface area contributed by atoms with Gasteiger partial charge in [0.15, 0.2) is 0 Å². The number of aliphatic hydroxyl groups is 2. The van der Waals surface area contributed by atoms with E-state index in [1.165, 1.54) is 12.4 Å². The summed E-state index contributed by atoms with van der Waals surface area (Å²) in [5.41, 5.74) is 1.19. The molecule has 0 unspecified atom stereocenters. The summed E-state index contributed by atoms with van der Waals surface area (Å²) >= 11 is 0. The largest absolute Gasteiger partial charge is 0.359 e. The normalized spacial score (nSPS) is 31.5. The minimum absolute atomic E-state index is 0.492. The number of carbonyl (C=O) groups excluding carboxylic acids is 1. The number of hydrogen-bond donors (Lipinski definition) is 2. The molecular formula is C10H10N2O3. The van der Waals surface area contributed by atoms with Crippen LogP contribution in [0.25, 0.3) is 0 Å². The van der Waals surface area contributed by atoms with Crippen molar-refractivity contribution in [3.63, 3.8) is 0 Å². The first-order valence-corrected chi connectivity index (χ1v) is 4.92. The fourth-order valence-corrected chi connectivity index (χ4v) is 2.58. The Morgan fingerprint density at radius 2 is 1.87 bits per heavy atom. The maximum absolute atomic E-state index is 11.7. The van der Waals surface area contributed by atoms with Crippen LogP contribution in [0.15, 0.2) is 12.4 Å². The van der Waals surface area contributed by atoms with Crippen LogP contribution in [-0.2, 0) is 4.79 Å². The van der Waals surface area contributed by atoms with E-state index in [4.69, 9.17) is 0 Å². The smallest absolute Gasteiger partial charge is 0.233 e. The Balaban J connectivity index is 2.25. The number of carbonyl (C=O) groups is 1. The molecule has 0 aromatic carbocycles. The predicted octanol–water partition coefficient (Wildman–Crippen LogP) is -0.299. The van der Waals surface area contributed by atoms with Crippen molar-refractivity contribution in [2.45, 2.75) is 30.5 Å². The van der Waals surface area contributed by atoms with Crippen molar-refractivity contribution >= 4 is 5.78 Å². The summed E-state index contributed by atoms with van der Waals surface area (Å²) in [5.74, 6) is -3.88. The van der Waals surface area contributed by atoms with Gasteiger partial charge >= 0.3 is 0 Å². The predicted molar refractivity (Wildman–Crippen MR) is 48.9 cm³/mol. The van der Waals surface area contributed by atoms with Gasteiger partial charge in [-0.05, 0) is 12.8 Å². The third kappa shape index (κ3) is 0.965. The van der Waals surface area contributed by atoms with E-state index in [9.17, 15) is 15.0 Å². The Morgan fingerprint density at radius 3 is 2.60 bits per heavy atom. The molecule has 1 heterocycles. The standard InChI is InChI=1S/C10H10N2O3/c13-9-5-1-2-6(10(9,14)15)8-7(5)11-3-4-12-8/h3-6,14-15H,1-2H2/t5-,6+/m1/s1. The van der Waals surface area contributed by atoms with E-state index < -0.39 is 23.4 Å². The van der Waals surface area contributed by atoms with Crippen molar-refractivity contribution < 1.29 is 15.0 Å². The highest BCUT2D eigenvalue weighted by Crippen LogP contribution is 2.49. The van der Waals surface area contributed by atoms with Crippen LogP contribution in [-0.4, -0.2) is 31.8 Å². The lowest BCUT2D eigenvalue weighted by molar-refractivity contribution is -0.203. The maximum Gasteiger partial charge on any atom is 0.233 e. The van der Waals surface area contributed by atoms with Crippen molar-refractivity contribution in [2.24, 2.45) is 0 Å². The summed E-state index contributed by atoms with van der Waals surface area (Å²) in [7, 11) is 0. The number of Topliss-reactive ketones (excluding diaryl/α,β-unsaturated/α-hetero) is 1. The molecule has 0 saturated heterocycles. The van der Waals surface area contributed by atoms with Crippen LogP contribution >= 0.6 is 0 Å². The molecule has 5 nitrogen and oxygen atoms in total. The van der Waals surface area contributed by atoms with E-state index in [2.05, 4.69) is 9.97 Å². The molecule has 0 radical (unpaired) electrons. The number of rotatable bonds is 0. The van der Waals surface area contributed by atoms with E-state index in [1.54, 1.807) is 0 Å². The second kappa shape index (κ2) is 2.62. The third-order valence-electron chi connectivity index (χ3n) is 3.33. The van der Waals surface area contributed by atoms with Gasteiger partial charge in [-0.25, -0.2) is 0 Å². The zero-order valence-corrected chi connectivity index (χ0v) is 7.92. The van der Waals surface area contributed by atoms with Crippen molar-refractivity contribution in [3.05, 3.63) is 23.8 Å². The van der Waals surface area contributed by atoms with Crippen LogP contribution in [0.5, 0.6) is 0 Å². The first-order valence-electron chi connectivity index (χ1n) is 4.92. The zero-order valence-electron chi connectivity index (χ0n) is 7.92. The second-order valence-electron chi connectivity index (χ2n) is 4.10. The summed E-state index contributed by atoms with van der Waals surface area (Å²) < 4.78 is 0. The number of nitrogens with zero attached hydrogens (tertiary/aromatic N) is 2. The van der Waals surface area contributed by atoms with Crippen molar-refractivity contribution in [1.29, 1.82) is 0 Å². The molecule has 1 aromatic heterocycles. The molecule has 1 fully saturated rings. The van der Waals surface area contributed by atoms with E-state index >= 15 is 0 Å². The van der Waals surface area contributed by atoms with Crippen LogP contribution in [0.3, 0.4) is 0 Å². The molecule has 78 valence electrons. The molecule has 2 bridgehead atoms. The maximum atomic E-state index is 11.7. The Morgan fingerprint density at radius 1 is 1.20 bits per heavy atom. The molecule has 5 heteroatoms. The Hall–Kier alpha value is -1.33. The molecule has 3 aliphatic rings. The van der Waals surface area contributed by atoms with E-state index in [1.807, 2.05) is 0 Å². The van der Waals surface area contributed by atoms with Gasteiger partial charge in [-0.2, -0.15) is 0 Å². The van der Waals surface area contributed by atoms with Crippen LogP contribution < -0.4 is 0 Å². The fraction of sp³-hybridized carbons (Fsp3) is 0.500. The molecular weight excluding hydrogens is 196 g/mol. The van der Waals surface area contributed by atoms with Crippen LogP contribution in [0, 0.1) is 0 Å². The molecule has 0 aliphatic heterocycles. The van der Waals surface area contributed by atoms with E-state index in [0.717, 1.165) is 0 Å². The molecule has 1 saturated carbocycles. The van der Waals surface area contributed by atoms with Crippen LogP contribution in [0.1, 0.15) is 36.1 Å². The number of hydrogen-bond acceptors (Lipinski definition) is 5. The van der Waals surface area contributed by atoms with E-state index in [0.29, 0.717) is 24.2 Å². The minimum Gasteiger partial charge on any atom is -0.359 e. The van der Waals surface area contributed by atoms with Gasteiger partial charge in [-0.15, -0.1) is 0 Å². The average Bonchev–Trinajstić information content (AvgIpc) is 2.24. The molecule has 2 atom stereocenters. The highest BCUT2D eigenvalue weighted by atomic mass is 16.5. The lowest BCUT2D eigenvalue weighted by Gasteiger charge is -2.43. The van der Waals surface area contributed by atoms with Crippen molar-refractivity contribution in [1.82, 2.24) is 9.97 Å². The first kappa shape index (κ1) is 8.94. The molecule has 15 heavy (non-hydrogen) atoms.